The minimum atomic E-state index is -1.28. The zero-order chi connectivity index (χ0) is 29.8. The predicted molar refractivity (Wildman–Crippen MR) is 159 cm³/mol. The second-order valence-electron chi connectivity index (χ2n) is 12.9. The third-order valence-corrected chi connectivity index (χ3v) is 8.36. The van der Waals surface area contributed by atoms with Crippen molar-refractivity contribution in [1.82, 2.24) is 15.5 Å². The van der Waals surface area contributed by atoms with Crippen LogP contribution in [-0.2, 0) is 32.6 Å². The van der Waals surface area contributed by atoms with Gasteiger partial charge in [-0.15, -0.1) is 0 Å². The van der Waals surface area contributed by atoms with Gasteiger partial charge in [-0.05, 0) is 107 Å². The Morgan fingerprint density at radius 1 is 0.951 bits per heavy atom. The van der Waals surface area contributed by atoms with Crippen LogP contribution in [-0.4, -0.2) is 60.2 Å². The smallest absolute Gasteiger partial charge is 0.408 e. The first kappa shape index (κ1) is 30.4. The van der Waals surface area contributed by atoms with Crippen molar-refractivity contribution in [3.8, 4) is 5.75 Å². The Balaban J connectivity index is 1.45. The minimum Gasteiger partial charge on any atom is -0.497 e. The molecule has 1 saturated heterocycles. The maximum Gasteiger partial charge on any atom is 0.408 e. The normalized spacial score (nSPS) is 17.0. The molecule has 2 aliphatic rings. The molecule has 41 heavy (non-hydrogen) atoms. The molecule has 1 atom stereocenters. The fourth-order valence-electron chi connectivity index (χ4n) is 5.97. The number of piperidine rings is 1. The fourth-order valence-corrected chi connectivity index (χ4v) is 5.97. The van der Waals surface area contributed by atoms with E-state index in [2.05, 4.69) is 34.9 Å². The Labute approximate surface area is 244 Å². The summed E-state index contributed by atoms with van der Waals surface area (Å²) in [7, 11) is 1.62. The molecule has 1 unspecified atom stereocenters. The lowest BCUT2D eigenvalue weighted by atomic mass is 9.74. The van der Waals surface area contributed by atoms with Gasteiger partial charge in [-0.25, -0.2) is 4.79 Å². The summed E-state index contributed by atoms with van der Waals surface area (Å²) in [6.45, 7) is 9.82. The predicted octanol–water partition coefficient (Wildman–Crippen LogP) is 4.92. The number of carbonyl (C=O) groups is 3. The van der Waals surface area contributed by atoms with Crippen LogP contribution in [0.2, 0.25) is 0 Å². The number of fused-ring (bicyclic) bond motifs is 2. The quantitative estimate of drug-likeness (QED) is 0.475. The van der Waals surface area contributed by atoms with E-state index in [-0.39, 0.29) is 11.3 Å². The third-order valence-electron chi connectivity index (χ3n) is 8.36. The molecular weight excluding hydrogens is 518 g/mol. The number of nitrogens with zero attached hydrogens (tertiary/aromatic N) is 1. The molecular formula is C33H45N3O5. The van der Waals surface area contributed by atoms with Crippen LogP contribution in [0, 0.1) is 0 Å². The average Bonchev–Trinajstić information content (AvgIpc) is 3.27. The summed E-state index contributed by atoms with van der Waals surface area (Å²) in [5.74, 6) is 0.246. The monoisotopic (exact) mass is 563 g/mol. The highest BCUT2D eigenvalue weighted by Crippen LogP contribution is 2.46. The highest BCUT2D eigenvalue weighted by atomic mass is 16.6. The Morgan fingerprint density at radius 3 is 2.24 bits per heavy atom. The molecule has 8 heteroatoms. The number of alkyl carbamates (subject to hydrolysis) is 1. The summed E-state index contributed by atoms with van der Waals surface area (Å²) in [5.41, 5.74) is 2.07. The summed E-state index contributed by atoms with van der Waals surface area (Å²) >= 11 is 0. The van der Waals surface area contributed by atoms with Gasteiger partial charge in [0.05, 0.1) is 7.11 Å². The maximum atomic E-state index is 13.9. The molecule has 8 nitrogen and oxygen atoms in total. The van der Waals surface area contributed by atoms with Gasteiger partial charge in [-0.1, -0.05) is 36.4 Å². The molecule has 0 radical (unpaired) electrons. The van der Waals surface area contributed by atoms with E-state index in [9.17, 15) is 14.4 Å². The second kappa shape index (κ2) is 12.1. The summed E-state index contributed by atoms with van der Waals surface area (Å²) in [6.07, 6.45) is 4.40. The van der Waals surface area contributed by atoms with E-state index in [1.165, 1.54) is 11.1 Å². The lowest BCUT2D eigenvalue weighted by Crippen LogP contribution is -2.60. The van der Waals surface area contributed by atoms with Gasteiger partial charge in [-0.3, -0.25) is 9.59 Å². The number of likely N-dealkylation sites (tertiary alicyclic amines) is 1. The molecule has 1 heterocycles. The molecule has 0 aromatic heterocycles. The molecule has 4 rings (SSSR count). The second-order valence-corrected chi connectivity index (χ2v) is 12.9. The van der Waals surface area contributed by atoms with Crippen LogP contribution in [0.1, 0.15) is 77.0 Å². The topological polar surface area (TPSA) is 97.0 Å². The lowest BCUT2D eigenvalue weighted by Gasteiger charge is -2.41. The number of hydrogen-bond donors (Lipinski definition) is 2. The highest BCUT2D eigenvalue weighted by Gasteiger charge is 2.43. The number of benzene rings is 2. The first-order valence-electron chi connectivity index (χ1n) is 14.6. The van der Waals surface area contributed by atoms with Crippen molar-refractivity contribution >= 4 is 17.9 Å². The molecule has 0 saturated carbocycles. The number of nitrogens with one attached hydrogen (secondary N) is 2. The molecule has 2 aromatic carbocycles. The van der Waals surface area contributed by atoms with E-state index in [1.54, 1.807) is 41.7 Å². The molecule has 0 bridgehead atoms. The Kier molecular flexibility index (Phi) is 9.00. The number of carbonyl (C=O) groups excluding carboxylic acids is 3. The van der Waals surface area contributed by atoms with Gasteiger partial charge in [0, 0.05) is 13.1 Å². The van der Waals surface area contributed by atoms with Gasteiger partial charge in [-0.2, -0.15) is 0 Å². The van der Waals surface area contributed by atoms with Crippen LogP contribution in [0.3, 0.4) is 0 Å². The Hall–Kier alpha value is -3.55. The van der Waals surface area contributed by atoms with Crippen molar-refractivity contribution in [2.45, 2.75) is 95.7 Å². The molecule has 3 amide bonds. The van der Waals surface area contributed by atoms with E-state index >= 15 is 0 Å². The first-order chi connectivity index (χ1) is 19.3. The maximum absolute atomic E-state index is 13.9. The Morgan fingerprint density at radius 2 is 1.61 bits per heavy atom. The van der Waals surface area contributed by atoms with Crippen molar-refractivity contribution in [3.63, 3.8) is 0 Å². The van der Waals surface area contributed by atoms with Crippen molar-refractivity contribution < 1.29 is 23.9 Å². The van der Waals surface area contributed by atoms with Gasteiger partial charge in [0.15, 0.2) is 0 Å². The zero-order valence-electron chi connectivity index (χ0n) is 25.3. The van der Waals surface area contributed by atoms with E-state index in [1.807, 2.05) is 29.2 Å². The molecule has 222 valence electrons. The van der Waals surface area contributed by atoms with Crippen molar-refractivity contribution in [3.05, 3.63) is 65.2 Å². The molecule has 2 N–H and O–H groups in total. The number of hydrogen-bond acceptors (Lipinski definition) is 5. The van der Waals surface area contributed by atoms with Crippen LogP contribution >= 0.6 is 0 Å². The van der Waals surface area contributed by atoms with E-state index in [0.29, 0.717) is 25.9 Å². The van der Waals surface area contributed by atoms with Gasteiger partial charge in [0.1, 0.15) is 22.9 Å². The average molecular weight is 564 g/mol. The number of aryl methyl sites for hydroxylation is 2. The molecule has 1 aliphatic heterocycles. The zero-order valence-corrected chi connectivity index (χ0v) is 25.3. The van der Waals surface area contributed by atoms with Crippen LogP contribution in [0.15, 0.2) is 48.5 Å². The number of ether oxygens (including phenoxy) is 2. The first-order valence-corrected chi connectivity index (χ1v) is 14.6. The lowest BCUT2D eigenvalue weighted by molar-refractivity contribution is -0.139. The standard InChI is InChI=1S/C33H45N3O5/c1-31(2,3)41-30(39)35-32(4,5)29(38)34-27(16-13-23-11-14-25(40-6)15-12-23)28(37)36-21-19-33(20-22-36)18-17-24-9-7-8-10-26(24)33/h7-12,14-15,27H,13,16-22H2,1-6H3,(H,34,38)(H,35,39). The van der Waals surface area contributed by atoms with Crippen molar-refractivity contribution in [2.75, 3.05) is 20.2 Å². The number of amides is 3. The van der Waals surface area contributed by atoms with Gasteiger partial charge < -0.3 is 25.0 Å². The molecule has 1 spiro atoms. The van der Waals surface area contributed by atoms with Crippen LogP contribution in [0.25, 0.3) is 0 Å². The van der Waals surface area contributed by atoms with Crippen LogP contribution in [0.5, 0.6) is 5.75 Å². The van der Waals surface area contributed by atoms with E-state index in [4.69, 9.17) is 9.47 Å². The molecule has 2 aromatic rings. The summed E-state index contributed by atoms with van der Waals surface area (Å²) in [6, 6.07) is 15.7. The summed E-state index contributed by atoms with van der Waals surface area (Å²) < 4.78 is 10.6. The van der Waals surface area contributed by atoms with Crippen molar-refractivity contribution in [2.24, 2.45) is 0 Å². The number of rotatable bonds is 8. The molecule has 1 fully saturated rings. The molecule has 1 aliphatic carbocycles. The third kappa shape index (κ3) is 7.40. The van der Waals surface area contributed by atoms with Gasteiger partial charge in [0.2, 0.25) is 11.8 Å². The van der Waals surface area contributed by atoms with Gasteiger partial charge in [0.25, 0.3) is 0 Å². The van der Waals surface area contributed by atoms with Crippen molar-refractivity contribution in [1.29, 1.82) is 0 Å². The van der Waals surface area contributed by atoms with Crippen LogP contribution in [0.4, 0.5) is 4.79 Å². The van der Waals surface area contributed by atoms with Gasteiger partial charge >= 0.3 is 6.09 Å². The van der Waals surface area contributed by atoms with Crippen LogP contribution < -0.4 is 15.4 Å². The Bertz CT molecular complexity index is 1240. The fraction of sp³-hybridized carbons (Fsp3) is 0.545. The summed E-state index contributed by atoms with van der Waals surface area (Å²) in [4.78, 5) is 41.7. The number of methoxy groups -OCH3 is 1. The van der Waals surface area contributed by atoms with E-state index < -0.39 is 29.2 Å². The minimum absolute atomic E-state index is 0.0824. The SMILES string of the molecule is COc1ccc(CCC(NC(=O)C(C)(C)NC(=O)OC(C)(C)C)C(=O)N2CCC3(CCc4ccccc43)CC2)cc1. The van der Waals surface area contributed by atoms with E-state index in [0.717, 1.165) is 37.0 Å². The highest BCUT2D eigenvalue weighted by molar-refractivity contribution is 5.93. The summed E-state index contributed by atoms with van der Waals surface area (Å²) in [5, 5.41) is 5.62. The largest absolute Gasteiger partial charge is 0.497 e.